The summed E-state index contributed by atoms with van der Waals surface area (Å²) >= 11 is 0. The van der Waals surface area contributed by atoms with Gasteiger partial charge in [0.2, 0.25) is 0 Å². The van der Waals surface area contributed by atoms with Gasteiger partial charge >= 0.3 is 108 Å². The van der Waals surface area contributed by atoms with Gasteiger partial charge in [-0.3, -0.25) is 0 Å². The number of hydrogen-bond donors (Lipinski definition) is 1. The van der Waals surface area contributed by atoms with Gasteiger partial charge in [0, 0.05) is 0 Å². The molecular formula is C3HK2N3O3. The Morgan fingerprint density at radius 3 is 2.09 bits per heavy atom. The molecular weight excluding hydrogens is 204 g/mol. The predicted molar refractivity (Wildman–Crippen MR) is 21.5 cm³/mol. The van der Waals surface area contributed by atoms with E-state index in [-0.39, 0.29) is 103 Å². The van der Waals surface area contributed by atoms with Crippen molar-refractivity contribution in [2.24, 2.45) is 0 Å². The van der Waals surface area contributed by atoms with E-state index in [0.29, 0.717) is 0 Å². The summed E-state index contributed by atoms with van der Waals surface area (Å²) in [4.78, 5) is 17.3. The molecule has 6 nitrogen and oxygen atoms in total. The summed E-state index contributed by atoms with van der Waals surface area (Å²) in [6.07, 6.45) is 0. The predicted octanol–water partition coefficient (Wildman–Crippen LogP) is -8.68. The van der Waals surface area contributed by atoms with Crippen LogP contribution in [0.15, 0.2) is 4.79 Å². The molecule has 1 N–H and O–H groups in total. The molecule has 0 aliphatic rings. The minimum atomic E-state index is -1.05. The molecule has 1 rings (SSSR count). The molecule has 11 heavy (non-hydrogen) atoms. The van der Waals surface area contributed by atoms with Crippen LogP contribution in [0.5, 0.6) is 12.0 Å². The van der Waals surface area contributed by atoms with Gasteiger partial charge in [-0.15, -0.1) is 0 Å². The molecule has 0 aromatic carbocycles. The number of H-pyrrole nitrogens is 1. The zero-order valence-corrected chi connectivity index (χ0v) is 12.4. The molecule has 0 saturated heterocycles. The molecule has 1 aromatic rings. The van der Waals surface area contributed by atoms with Crippen LogP contribution in [0.1, 0.15) is 0 Å². The van der Waals surface area contributed by atoms with Gasteiger partial charge in [0.25, 0.3) is 0 Å². The summed E-state index contributed by atoms with van der Waals surface area (Å²) in [5.41, 5.74) is -0.958. The maximum atomic E-state index is 10.1. The van der Waals surface area contributed by atoms with E-state index in [1.807, 2.05) is 0 Å². The van der Waals surface area contributed by atoms with Crippen molar-refractivity contribution < 1.29 is 113 Å². The first-order valence-corrected chi connectivity index (χ1v) is 2.01. The smallest absolute Gasteiger partial charge is 0.846 e. The van der Waals surface area contributed by atoms with Crippen LogP contribution in [-0.2, 0) is 0 Å². The van der Waals surface area contributed by atoms with Gasteiger partial charge in [0.1, 0.15) is 0 Å². The van der Waals surface area contributed by atoms with Crippen molar-refractivity contribution in [1.82, 2.24) is 15.0 Å². The van der Waals surface area contributed by atoms with Crippen LogP contribution in [0.2, 0.25) is 0 Å². The summed E-state index contributed by atoms with van der Waals surface area (Å²) in [5, 5.41) is 20.2. The van der Waals surface area contributed by atoms with Gasteiger partial charge in [-0.2, -0.15) is 4.98 Å². The van der Waals surface area contributed by atoms with Gasteiger partial charge in [0.05, 0.1) is 12.0 Å². The van der Waals surface area contributed by atoms with Gasteiger partial charge in [-0.05, 0) is 0 Å². The Hall–Kier alpha value is 1.68. The minimum Gasteiger partial charge on any atom is -0.846 e. The first kappa shape index (κ1) is 15.2. The van der Waals surface area contributed by atoms with Crippen molar-refractivity contribution in [2.45, 2.75) is 0 Å². The quantitative estimate of drug-likeness (QED) is 0.423. The van der Waals surface area contributed by atoms with Crippen LogP contribution in [-0.4, -0.2) is 15.0 Å². The summed E-state index contributed by atoms with van der Waals surface area (Å²) in [7, 11) is 0. The van der Waals surface area contributed by atoms with E-state index in [4.69, 9.17) is 0 Å². The molecule has 0 bridgehead atoms. The SMILES string of the molecule is O=c1nc([O-])nc([O-])[nH]1.[K+].[K+]. The third-order valence-electron chi connectivity index (χ3n) is 0.608. The van der Waals surface area contributed by atoms with Crippen molar-refractivity contribution in [2.75, 3.05) is 0 Å². The zero-order valence-electron chi connectivity index (χ0n) is 6.12. The Kier molecular flexibility index (Phi) is 9.82. The van der Waals surface area contributed by atoms with E-state index in [2.05, 4.69) is 9.97 Å². The van der Waals surface area contributed by atoms with E-state index >= 15 is 0 Å². The Labute approximate surface area is 147 Å². The molecule has 0 radical (unpaired) electrons. The second-order valence-corrected chi connectivity index (χ2v) is 1.24. The molecule has 48 valence electrons. The Balaban J connectivity index is 0. The summed E-state index contributed by atoms with van der Waals surface area (Å²) in [6.45, 7) is 0. The van der Waals surface area contributed by atoms with Crippen LogP contribution < -0.4 is 119 Å². The zero-order chi connectivity index (χ0) is 6.85. The maximum absolute atomic E-state index is 10.1. The molecule has 0 aliphatic heterocycles. The average Bonchev–Trinajstić information content (AvgIpc) is 1.59. The third-order valence-corrected chi connectivity index (χ3v) is 0.608. The maximum Gasteiger partial charge on any atom is 1.00 e. The Morgan fingerprint density at radius 2 is 1.73 bits per heavy atom. The molecule has 0 spiro atoms. The first-order chi connectivity index (χ1) is 4.18. The van der Waals surface area contributed by atoms with E-state index in [1.54, 1.807) is 4.98 Å². The molecule has 0 atom stereocenters. The first-order valence-electron chi connectivity index (χ1n) is 2.01. The molecule has 1 aromatic heterocycles. The fourth-order valence-corrected chi connectivity index (χ4v) is 0.346. The molecule has 0 amide bonds. The monoisotopic (exact) mass is 205 g/mol. The Bertz CT molecular complexity index is 252. The number of nitrogens with one attached hydrogen (secondary N) is 1. The molecule has 0 aliphatic carbocycles. The van der Waals surface area contributed by atoms with Crippen LogP contribution >= 0.6 is 0 Å². The fraction of sp³-hybridized carbons (Fsp3) is 0. The van der Waals surface area contributed by atoms with Gasteiger partial charge in [-0.25, -0.2) is 9.78 Å². The number of nitrogens with zero attached hydrogens (tertiary/aromatic N) is 2. The fourth-order valence-electron chi connectivity index (χ4n) is 0.346. The van der Waals surface area contributed by atoms with Crippen LogP contribution in [0.25, 0.3) is 0 Å². The molecule has 1 heterocycles. The second-order valence-electron chi connectivity index (χ2n) is 1.24. The van der Waals surface area contributed by atoms with E-state index in [0.717, 1.165) is 0 Å². The van der Waals surface area contributed by atoms with Crippen molar-refractivity contribution >= 4 is 0 Å². The largest absolute Gasteiger partial charge is 1.00 e. The van der Waals surface area contributed by atoms with Crippen molar-refractivity contribution in [3.63, 3.8) is 0 Å². The van der Waals surface area contributed by atoms with Gasteiger partial charge in [-0.1, -0.05) is 0 Å². The van der Waals surface area contributed by atoms with E-state index in [1.165, 1.54) is 0 Å². The van der Waals surface area contributed by atoms with Crippen LogP contribution in [0.4, 0.5) is 0 Å². The third kappa shape index (κ3) is 5.85. The van der Waals surface area contributed by atoms with Gasteiger partial charge in [0.15, 0.2) is 0 Å². The number of aromatic amines is 1. The summed E-state index contributed by atoms with van der Waals surface area (Å²) in [6, 6.07) is -2.01. The average molecular weight is 205 g/mol. The normalized spacial score (nSPS) is 7.64. The van der Waals surface area contributed by atoms with Crippen molar-refractivity contribution in [1.29, 1.82) is 0 Å². The molecule has 8 heteroatoms. The summed E-state index contributed by atoms with van der Waals surface area (Å²) in [5.74, 6) is 0. The van der Waals surface area contributed by atoms with Crippen molar-refractivity contribution in [3.05, 3.63) is 10.5 Å². The van der Waals surface area contributed by atoms with E-state index in [9.17, 15) is 15.0 Å². The number of hydrogen-bond acceptors (Lipinski definition) is 5. The standard InChI is InChI=1S/C3H3N3O3.2K/c7-1-4-2(8)6-3(9)5-1;;/h(H3,4,5,6,7,8,9);;/q;2*+1/p-2. The number of rotatable bonds is 0. The Morgan fingerprint density at radius 1 is 1.18 bits per heavy atom. The van der Waals surface area contributed by atoms with E-state index < -0.39 is 17.7 Å². The summed E-state index contributed by atoms with van der Waals surface area (Å²) < 4.78 is 0. The van der Waals surface area contributed by atoms with Crippen molar-refractivity contribution in [3.8, 4) is 12.0 Å². The topological polar surface area (TPSA) is 105 Å². The number of aromatic nitrogens is 3. The second kappa shape index (κ2) is 7.12. The van der Waals surface area contributed by atoms with Gasteiger partial charge < -0.3 is 15.2 Å². The molecule has 0 saturated carbocycles. The van der Waals surface area contributed by atoms with Crippen LogP contribution in [0, 0.1) is 0 Å². The minimum absolute atomic E-state index is 0. The molecule has 0 fully saturated rings. The molecule has 0 unspecified atom stereocenters. The van der Waals surface area contributed by atoms with Crippen LogP contribution in [0.3, 0.4) is 0 Å².